The van der Waals surface area contributed by atoms with Gasteiger partial charge in [0.15, 0.2) is 0 Å². The fourth-order valence-corrected chi connectivity index (χ4v) is 4.20. The molecule has 2 aromatic rings. The van der Waals surface area contributed by atoms with E-state index in [2.05, 4.69) is 6.92 Å². The van der Waals surface area contributed by atoms with Gasteiger partial charge in [0, 0.05) is 27.1 Å². The molecule has 0 aromatic heterocycles. The summed E-state index contributed by atoms with van der Waals surface area (Å²) in [6, 6.07) is 7.56. The van der Waals surface area contributed by atoms with E-state index in [1.54, 1.807) is 0 Å². The minimum absolute atomic E-state index is 0.368. The molecule has 0 radical (unpaired) electrons. The summed E-state index contributed by atoms with van der Waals surface area (Å²) in [7, 11) is 0. The molecule has 0 bridgehead atoms. The van der Waals surface area contributed by atoms with Crippen LogP contribution in [0.25, 0.3) is 10.8 Å². The molecule has 2 nitrogen and oxygen atoms in total. The zero-order valence-electron chi connectivity index (χ0n) is 11.7. The molecule has 106 valence electrons. The van der Waals surface area contributed by atoms with Gasteiger partial charge in [-0.25, -0.2) is 0 Å². The molecule has 0 fully saturated rings. The third-order valence-electron chi connectivity index (χ3n) is 4.08. The molecule has 0 aliphatic heterocycles. The fourth-order valence-electron chi connectivity index (χ4n) is 3.06. The number of phenols is 2. The van der Waals surface area contributed by atoms with Crippen molar-refractivity contribution < 1.29 is 10.2 Å². The molecule has 3 rings (SSSR count). The Morgan fingerprint density at radius 2 is 1.75 bits per heavy atom. The lowest BCUT2D eigenvalue weighted by molar-refractivity contribution is 0.450. The zero-order valence-corrected chi connectivity index (χ0v) is 12.5. The molecule has 1 unspecified atom stereocenters. The largest absolute Gasteiger partial charge is 0.507 e. The maximum atomic E-state index is 10.5. The molecular weight excluding hydrogens is 268 g/mol. The lowest BCUT2D eigenvalue weighted by Gasteiger charge is -2.26. The van der Waals surface area contributed by atoms with Crippen LogP contribution in [0, 0.1) is 0 Å². The van der Waals surface area contributed by atoms with E-state index in [1.165, 1.54) is 12.2 Å². The molecule has 0 heterocycles. The van der Waals surface area contributed by atoms with Crippen LogP contribution >= 0.6 is 11.8 Å². The molecule has 1 aliphatic carbocycles. The minimum atomic E-state index is 0.368. The molecule has 1 atom stereocenters. The van der Waals surface area contributed by atoms with Gasteiger partial charge >= 0.3 is 0 Å². The first kappa shape index (κ1) is 13.6. The number of phenolic OH excluding ortho intramolecular Hbond substituents is 2. The van der Waals surface area contributed by atoms with E-state index < -0.39 is 0 Å². The van der Waals surface area contributed by atoms with Crippen LogP contribution in [0.15, 0.2) is 24.3 Å². The van der Waals surface area contributed by atoms with E-state index in [-0.39, 0.29) is 0 Å². The van der Waals surface area contributed by atoms with Crippen molar-refractivity contribution in [3.8, 4) is 11.5 Å². The summed E-state index contributed by atoms with van der Waals surface area (Å²) in [5.74, 6) is 1.91. The van der Waals surface area contributed by atoms with Gasteiger partial charge in [0.1, 0.15) is 11.5 Å². The summed E-state index contributed by atoms with van der Waals surface area (Å²) in [4.78, 5) is 0. The van der Waals surface area contributed by atoms with Crippen molar-refractivity contribution in [2.24, 2.45) is 0 Å². The molecular formula is C17H20O2S. The summed E-state index contributed by atoms with van der Waals surface area (Å²) in [6.45, 7) is 2.20. The second-order valence-electron chi connectivity index (χ2n) is 5.44. The van der Waals surface area contributed by atoms with Crippen molar-refractivity contribution in [2.75, 3.05) is 5.75 Å². The Morgan fingerprint density at radius 1 is 1.10 bits per heavy atom. The first-order chi connectivity index (χ1) is 9.72. The van der Waals surface area contributed by atoms with Gasteiger partial charge in [-0.2, -0.15) is 11.8 Å². The van der Waals surface area contributed by atoms with Crippen molar-refractivity contribution >= 4 is 22.5 Å². The maximum absolute atomic E-state index is 10.5. The lowest BCUT2D eigenvalue weighted by atomic mass is 9.87. The Labute approximate surface area is 123 Å². The Balaban J connectivity index is 2.05. The second kappa shape index (κ2) is 5.57. The van der Waals surface area contributed by atoms with Gasteiger partial charge in [0.2, 0.25) is 0 Å². The molecule has 0 saturated heterocycles. The van der Waals surface area contributed by atoms with E-state index in [1.807, 2.05) is 36.0 Å². The van der Waals surface area contributed by atoms with E-state index in [0.717, 1.165) is 41.2 Å². The summed E-state index contributed by atoms with van der Waals surface area (Å²) >= 11 is 1.99. The van der Waals surface area contributed by atoms with E-state index in [0.29, 0.717) is 16.7 Å². The normalized spacial score (nSPS) is 18.1. The third kappa shape index (κ3) is 2.24. The number of benzene rings is 2. The molecule has 0 saturated carbocycles. The first-order valence-corrected chi connectivity index (χ1v) is 8.33. The molecule has 2 aromatic carbocycles. The number of rotatable bonds is 3. The Morgan fingerprint density at radius 3 is 2.40 bits per heavy atom. The standard InChI is InChI=1S/C17H20O2S/c1-2-9-20-11-7-8-14-15(10-11)17(19)13-6-4-3-5-12(13)16(14)18/h3-6,11,18-19H,2,7-10H2,1H3. The Bertz CT molecular complexity index is 636. The topological polar surface area (TPSA) is 40.5 Å². The van der Waals surface area contributed by atoms with Crippen LogP contribution in [-0.4, -0.2) is 21.2 Å². The number of hydrogen-bond acceptors (Lipinski definition) is 3. The predicted molar refractivity (Wildman–Crippen MR) is 85.8 cm³/mol. The zero-order chi connectivity index (χ0) is 14.1. The van der Waals surface area contributed by atoms with Crippen molar-refractivity contribution in [3.63, 3.8) is 0 Å². The van der Waals surface area contributed by atoms with E-state index in [4.69, 9.17) is 0 Å². The van der Waals surface area contributed by atoms with E-state index >= 15 is 0 Å². The Kier molecular flexibility index (Phi) is 3.79. The molecule has 1 aliphatic rings. The average Bonchev–Trinajstić information content (AvgIpc) is 2.50. The molecule has 0 amide bonds. The third-order valence-corrected chi connectivity index (χ3v) is 5.60. The number of fused-ring (bicyclic) bond motifs is 2. The summed E-state index contributed by atoms with van der Waals surface area (Å²) in [6.07, 6.45) is 4.00. The average molecular weight is 288 g/mol. The second-order valence-corrected chi connectivity index (χ2v) is 6.84. The summed E-state index contributed by atoms with van der Waals surface area (Å²) in [5, 5.41) is 23.1. The van der Waals surface area contributed by atoms with Gasteiger partial charge in [-0.1, -0.05) is 31.2 Å². The van der Waals surface area contributed by atoms with Crippen LogP contribution in [0.3, 0.4) is 0 Å². The van der Waals surface area contributed by atoms with Crippen LogP contribution in [0.5, 0.6) is 11.5 Å². The van der Waals surface area contributed by atoms with Gasteiger partial charge in [-0.15, -0.1) is 0 Å². The van der Waals surface area contributed by atoms with Gasteiger partial charge in [-0.3, -0.25) is 0 Å². The molecule has 2 N–H and O–H groups in total. The van der Waals surface area contributed by atoms with Gasteiger partial charge < -0.3 is 10.2 Å². The van der Waals surface area contributed by atoms with Gasteiger partial charge in [-0.05, 0) is 31.4 Å². The number of aromatic hydroxyl groups is 2. The highest BCUT2D eigenvalue weighted by molar-refractivity contribution is 7.99. The fraction of sp³-hybridized carbons (Fsp3) is 0.412. The lowest BCUT2D eigenvalue weighted by Crippen LogP contribution is -2.17. The van der Waals surface area contributed by atoms with E-state index in [9.17, 15) is 10.2 Å². The highest BCUT2D eigenvalue weighted by atomic mass is 32.2. The van der Waals surface area contributed by atoms with Gasteiger partial charge in [0.05, 0.1) is 0 Å². The van der Waals surface area contributed by atoms with Crippen molar-refractivity contribution in [1.29, 1.82) is 0 Å². The van der Waals surface area contributed by atoms with Crippen molar-refractivity contribution in [1.82, 2.24) is 0 Å². The summed E-state index contributed by atoms with van der Waals surface area (Å²) < 4.78 is 0. The first-order valence-electron chi connectivity index (χ1n) is 7.28. The molecule has 3 heteroatoms. The summed E-state index contributed by atoms with van der Waals surface area (Å²) in [5.41, 5.74) is 1.91. The number of hydrogen-bond donors (Lipinski definition) is 2. The monoisotopic (exact) mass is 288 g/mol. The van der Waals surface area contributed by atoms with Crippen LogP contribution < -0.4 is 0 Å². The van der Waals surface area contributed by atoms with Crippen LogP contribution in [0.2, 0.25) is 0 Å². The number of thioether (sulfide) groups is 1. The van der Waals surface area contributed by atoms with Crippen LogP contribution in [0.4, 0.5) is 0 Å². The van der Waals surface area contributed by atoms with Crippen LogP contribution in [0.1, 0.15) is 30.9 Å². The SMILES string of the molecule is CCCSC1CCc2c(c(O)c3ccccc3c2O)C1. The minimum Gasteiger partial charge on any atom is -0.507 e. The Hall–Kier alpha value is -1.35. The highest BCUT2D eigenvalue weighted by Crippen LogP contribution is 2.44. The predicted octanol–water partition coefficient (Wildman–Crippen LogP) is 4.25. The van der Waals surface area contributed by atoms with Gasteiger partial charge in [0.25, 0.3) is 0 Å². The molecule has 20 heavy (non-hydrogen) atoms. The van der Waals surface area contributed by atoms with Crippen LogP contribution in [-0.2, 0) is 12.8 Å². The van der Waals surface area contributed by atoms with Crippen molar-refractivity contribution in [2.45, 2.75) is 37.9 Å². The smallest absolute Gasteiger partial charge is 0.127 e. The highest BCUT2D eigenvalue weighted by Gasteiger charge is 2.26. The quantitative estimate of drug-likeness (QED) is 0.829. The molecule has 0 spiro atoms. The maximum Gasteiger partial charge on any atom is 0.127 e. The van der Waals surface area contributed by atoms with Crippen molar-refractivity contribution in [3.05, 3.63) is 35.4 Å².